The second-order valence-corrected chi connectivity index (χ2v) is 4.57. The number of nitrogens with one attached hydrogen (secondary N) is 2. The molecular weight excluding hydrogens is 353 g/mol. The van der Waals surface area contributed by atoms with Crippen molar-refractivity contribution < 1.29 is 0 Å². The number of halogens is 1. The lowest BCUT2D eigenvalue weighted by molar-refractivity contribution is 0.140. The molecule has 6 heteroatoms. The third kappa shape index (κ3) is 7.94. The molecule has 1 heterocycles. The van der Waals surface area contributed by atoms with Crippen LogP contribution in [-0.4, -0.2) is 74.7 Å². The van der Waals surface area contributed by atoms with Crippen LogP contribution in [-0.2, 0) is 0 Å². The summed E-state index contributed by atoms with van der Waals surface area (Å²) in [6.45, 7) is 16.1. The molecule has 0 atom stereocenters. The van der Waals surface area contributed by atoms with Crippen molar-refractivity contribution in [3.63, 3.8) is 0 Å². The van der Waals surface area contributed by atoms with Crippen LogP contribution in [0.5, 0.6) is 0 Å². The maximum atomic E-state index is 4.58. The lowest BCUT2D eigenvalue weighted by Crippen LogP contribution is -2.47. The molecule has 5 nitrogen and oxygen atoms in total. The first-order chi connectivity index (χ1) is 8.80. The number of likely N-dealkylation sites (N-methyl/N-ethyl adjacent to an activating group) is 1. The second-order valence-electron chi connectivity index (χ2n) is 4.57. The molecule has 19 heavy (non-hydrogen) atoms. The van der Waals surface area contributed by atoms with E-state index >= 15 is 0 Å². The zero-order chi connectivity index (χ0) is 13.2. The standard InChI is InChI=1S/C13H29N5.HI/c1-4-14-13(15-5-2)16-7-8-18-11-9-17(6-3)10-12-18;/h4-12H2,1-3H3,(H2,14,15,16);1H. The van der Waals surface area contributed by atoms with E-state index in [2.05, 4.69) is 46.2 Å². The number of piperazine rings is 1. The van der Waals surface area contributed by atoms with Gasteiger partial charge in [0.2, 0.25) is 0 Å². The Morgan fingerprint density at radius 3 is 1.95 bits per heavy atom. The first-order valence-corrected chi connectivity index (χ1v) is 7.27. The molecule has 1 rings (SSSR count). The molecule has 0 spiro atoms. The van der Waals surface area contributed by atoms with Crippen molar-refractivity contribution in [2.75, 3.05) is 58.9 Å². The molecule has 0 aromatic rings. The Hall–Kier alpha value is -0.0800. The van der Waals surface area contributed by atoms with Gasteiger partial charge in [0, 0.05) is 45.8 Å². The minimum Gasteiger partial charge on any atom is -0.357 e. The van der Waals surface area contributed by atoms with Crippen molar-refractivity contribution in [3.05, 3.63) is 0 Å². The number of rotatable bonds is 6. The van der Waals surface area contributed by atoms with Crippen LogP contribution in [0.2, 0.25) is 0 Å². The second kappa shape index (κ2) is 11.7. The summed E-state index contributed by atoms with van der Waals surface area (Å²) in [5.41, 5.74) is 0. The third-order valence-corrected chi connectivity index (χ3v) is 3.29. The smallest absolute Gasteiger partial charge is 0.191 e. The molecule has 0 aliphatic carbocycles. The number of aliphatic imine (C=N–C) groups is 1. The SMILES string of the molecule is CCNC(=NCCN1CCN(CC)CC1)NCC.I. The topological polar surface area (TPSA) is 42.9 Å². The summed E-state index contributed by atoms with van der Waals surface area (Å²) in [6.07, 6.45) is 0. The maximum absolute atomic E-state index is 4.58. The van der Waals surface area contributed by atoms with Crippen LogP contribution in [0, 0.1) is 0 Å². The van der Waals surface area contributed by atoms with Crippen LogP contribution >= 0.6 is 24.0 Å². The Kier molecular flexibility index (Phi) is 11.7. The molecule has 1 aliphatic heterocycles. The lowest BCUT2D eigenvalue weighted by Gasteiger charge is -2.33. The summed E-state index contributed by atoms with van der Waals surface area (Å²) >= 11 is 0. The molecule has 0 aromatic carbocycles. The first kappa shape index (κ1) is 18.9. The normalized spacial score (nSPS) is 16.6. The fourth-order valence-corrected chi connectivity index (χ4v) is 2.14. The van der Waals surface area contributed by atoms with Gasteiger partial charge in [-0.3, -0.25) is 9.89 Å². The van der Waals surface area contributed by atoms with Gasteiger partial charge in [0.1, 0.15) is 0 Å². The number of guanidine groups is 1. The van der Waals surface area contributed by atoms with E-state index in [9.17, 15) is 0 Å². The molecule has 1 fully saturated rings. The quantitative estimate of drug-likeness (QED) is 0.405. The molecule has 0 aromatic heterocycles. The fourth-order valence-electron chi connectivity index (χ4n) is 2.14. The van der Waals surface area contributed by atoms with Gasteiger partial charge in [-0.2, -0.15) is 0 Å². The lowest BCUT2D eigenvalue weighted by atomic mass is 10.3. The van der Waals surface area contributed by atoms with Gasteiger partial charge in [-0.15, -0.1) is 24.0 Å². The maximum Gasteiger partial charge on any atom is 0.191 e. The van der Waals surface area contributed by atoms with E-state index in [1.807, 2.05) is 0 Å². The van der Waals surface area contributed by atoms with Crippen molar-refractivity contribution in [1.82, 2.24) is 20.4 Å². The monoisotopic (exact) mass is 383 g/mol. The van der Waals surface area contributed by atoms with Crippen molar-refractivity contribution in [1.29, 1.82) is 0 Å². The molecular formula is C13H30IN5. The highest BCUT2D eigenvalue weighted by Crippen LogP contribution is 2.00. The zero-order valence-electron chi connectivity index (χ0n) is 12.6. The predicted octanol–water partition coefficient (Wildman–Crippen LogP) is 0.817. The van der Waals surface area contributed by atoms with Crippen molar-refractivity contribution in [2.45, 2.75) is 20.8 Å². The summed E-state index contributed by atoms with van der Waals surface area (Å²) in [5.74, 6) is 0.937. The van der Waals surface area contributed by atoms with Gasteiger partial charge in [-0.25, -0.2) is 0 Å². The average Bonchev–Trinajstić information content (AvgIpc) is 2.40. The van der Waals surface area contributed by atoms with Gasteiger partial charge < -0.3 is 15.5 Å². The average molecular weight is 383 g/mol. The van der Waals surface area contributed by atoms with E-state index in [1.54, 1.807) is 0 Å². The molecule has 0 bridgehead atoms. The highest BCUT2D eigenvalue weighted by Gasteiger charge is 2.14. The molecule has 1 saturated heterocycles. The van der Waals surface area contributed by atoms with Crippen LogP contribution in [0.3, 0.4) is 0 Å². The van der Waals surface area contributed by atoms with Gasteiger partial charge >= 0.3 is 0 Å². The number of nitrogens with zero attached hydrogens (tertiary/aromatic N) is 3. The summed E-state index contributed by atoms with van der Waals surface area (Å²) in [5, 5.41) is 6.50. The number of hydrogen-bond donors (Lipinski definition) is 2. The third-order valence-electron chi connectivity index (χ3n) is 3.29. The highest BCUT2D eigenvalue weighted by molar-refractivity contribution is 14.0. The summed E-state index contributed by atoms with van der Waals surface area (Å²) in [4.78, 5) is 9.58. The molecule has 0 amide bonds. The van der Waals surface area contributed by atoms with Crippen LogP contribution in [0.25, 0.3) is 0 Å². The van der Waals surface area contributed by atoms with Crippen LogP contribution < -0.4 is 10.6 Å². The molecule has 0 unspecified atom stereocenters. The van der Waals surface area contributed by atoms with Crippen LogP contribution in [0.1, 0.15) is 20.8 Å². The Morgan fingerprint density at radius 2 is 1.47 bits per heavy atom. The van der Waals surface area contributed by atoms with Gasteiger partial charge in [-0.1, -0.05) is 6.92 Å². The van der Waals surface area contributed by atoms with E-state index < -0.39 is 0 Å². The van der Waals surface area contributed by atoms with E-state index in [0.717, 1.165) is 32.1 Å². The van der Waals surface area contributed by atoms with Crippen LogP contribution in [0.15, 0.2) is 4.99 Å². The summed E-state index contributed by atoms with van der Waals surface area (Å²) in [7, 11) is 0. The van der Waals surface area contributed by atoms with E-state index in [0.29, 0.717) is 0 Å². The minimum absolute atomic E-state index is 0. The van der Waals surface area contributed by atoms with Gasteiger partial charge in [0.05, 0.1) is 6.54 Å². The summed E-state index contributed by atoms with van der Waals surface area (Å²) in [6, 6.07) is 0. The number of hydrogen-bond acceptors (Lipinski definition) is 3. The molecule has 114 valence electrons. The zero-order valence-corrected chi connectivity index (χ0v) is 14.9. The molecule has 2 N–H and O–H groups in total. The molecule has 1 aliphatic rings. The first-order valence-electron chi connectivity index (χ1n) is 7.27. The van der Waals surface area contributed by atoms with Crippen LogP contribution in [0.4, 0.5) is 0 Å². The minimum atomic E-state index is 0. The molecule has 0 saturated carbocycles. The Bertz CT molecular complexity index is 231. The van der Waals surface area contributed by atoms with E-state index in [1.165, 1.54) is 32.7 Å². The van der Waals surface area contributed by atoms with Gasteiger partial charge in [-0.05, 0) is 20.4 Å². The Labute approximate surface area is 135 Å². The van der Waals surface area contributed by atoms with Crippen molar-refractivity contribution in [3.8, 4) is 0 Å². The van der Waals surface area contributed by atoms with Gasteiger partial charge in [0.15, 0.2) is 5.96 Å². The van der Waals surface area contributed by atoms with E-state index in [-0.39, 0.29) is 24.0 Å². The largest absolute Gasteiger partial charge is 0.357 e. The van der Waals surface area contributed by atoms with Crippen molar-refractivity contribution in [2.24, 2.45) is 4.99 Å². The van der Waals surface area contributed by atoms with Crippen molar-refractivity contribution >= 4 is 29.9 Å². The Balaban J connectivity index is 0.00000324. The fraction of sp³-hybridized carbons (Fsp3) is 0.923. The Morgan fingerprint density at radius 1 is 0.947 bits per heavy atom. The highest BCUT2D eigenvalue weighted by atomic mass is 127. The van der Waals surface area contributed by atoms with E-state index in [4.69, 9.17) is 0 Å². The predicted molar refractivity (Wildman–Crippen MR) is 93.6 cm³/mol. The molecule has 0 radical (unpaired) electrons. The van der Waals surface area contributed by atoms with Gasteiger partial charge in [0.25, 0.3) is 0 Å². The summed E-state index contributed by atoms with van der Waals surface area (Å²) < 4.78 is 0.